The van der Waals surface area contributed by atoms with Crippen molar-refractivity contribution in [1.29, 1.82) is 0 Å². The second-order valence-corrected chi connectivity index (χ2v) is 4.68. The van der Waals surface area contributed by atoms with Gasteiger partial charge in [-0.05, 0) is 38.0 Å². The molecule has 0 bridgehead atoms. The van der Waals surface area contributed by atoms with Crippen LogP contribution in [-0.2, 0) is 0 Å². The number of hydrogen-bond donors (Lipinski definition) is 1. The van der Waals surface area contributed by atoms with Gasteiger partial charge in [0.25, 0.3) is 5.91 Å². The second-order valence-electron chi connectivity index (χ2n) is 4.68. The zero-order valence-electron chi connectivity index (χ0n) is 11.6. The molecule has 1 rings (SSSR count). The fourth-order valence-electron chi connectivity index (χ4n) is 1.67. The second kappa shape index (κ2) is 6.40. The summed E-state index contributed by atoms with van der Waals surface area (Å²) in [6, 6.07) is 5.60. The standard InChI is InChI=1S/C14H22N2O2/c1-10-5-6-12(9-13(10)18-4)14(17)16(3)8-7-11(2)15/h5-6,9,11H,7-8,15H2,1-4H3. The molecule has 1 atom stereocenters. The molecule has 1 aromatic rings. The smallest absolute Gasteiger partial charge is 0.253 e. The van der Waals surface area contributed by atoms with Gasteiger partial charge in [0.1, 0.15) is 5.75 Å². The van der Waals surface area contributed by atoms with E-state index in [1.54, 1.807) is 25.1 Å². The van der Waals surface area contributed by atoms with Crippen LogP contribution in [0.2, 0.25) is 0 Å². The van der Waals surface area contributed by atoms with Gasteiger partial charge in [-0.3, -0.25) is 4.79 Å². The number of rotatable bonds is 5. The normalized spacial score (nSPS) is 12.1. The van der Waals surface area contributed by atoms with E-state index in [4.69, 9.17) is 10.5 Å². The third-order valence-corrected chi connectivity index (χ3v) is 2.92. The Hall–Kier alpha value is -1.55. The first-order valence-corrected chi connectivity index (χ1v) is 6.11. The minimum absolute atomic E-state index is 0.00560. The number of methoxy groups -OCH3 is 1. The van der Waals surface area contributed by atoms with Crippen LogP contribution < -0.4 is 10.5 Å². The van der Waals surface area contributed by atoms with Gasteiger partial charge in [-0.25, -0.2) is 0 Å². The largest absolute Gasteiger partial charge is 0.496 e. The van der Waals surface area contributed by atoms with Crippen molar-refractivity contribution in [3.8, 4) is 5.75 Å². The molecule has 4 heteroatoms. The van der Waals surface area contributed by atoms with E-state index < -0.39 is 0 Å². The Morgan fingerprint density at radius 1 is 1.50 bits per heavy atom. The molecule has 0 heterocycles. The first kappa shape index (κ1) is 14.5. The van der Waals surface area contributed by atoms with Gasteiger partial charge in [0.05, 0.1) is 7.11 Å². The van der Waals surface area contributed by atoms with Gasteiger partial charge in [0.15, 0.2) is 0 Å². The van der Waals surface area contributed by atoms with Crippen LogP contribution in [0.25, 0.3) is 0 Å². The van der Waals surface area contributed by atoms with Crippen LogP contribution in [0.1, 0.15) is 29.3 Å². The van der Waals surface area contributed by atoms with Crippen molar-refractivity contribution in [3.05, 3.63) is 29.3 Å². The summed E-state index contributed by atoms with van der Waals surface area (Å²) in [5.74, 6) is 0.732. The highest BCUT2D eigenvalue weighted by atomic mass is 16.5. The first-order valence-electron chi connectivity index (χ1n) is 6.11. The lowest BCUT2D eigenvalue weighted by Crippen LogP contribution is -2.31. The number of ether oxygens (including phenoxy) is 1. The highest BCUT2D eigenvalue weighted by molar-refractivity contribution is 5.94. The summed E-state index contributed by atoms with van der Waals surface area (Å²) in [5.41, 5.74) is 7.35. The molecule has 1 aromatic carbocycles. The zero-order valence-corrected chi connectivity index (χ0v) is 11.6. The third kappa shape index (κ3) is 3.74. The lowest BCUT2D eigenvalue weighted by molar-refractivity contribution is 0.0791. The van der Waals surface area contributed by atoms with Crippen LogP contribution in [0, 0.1) is 6.92 Å². The van der Waals surface area contributed by atoms with E-state index in [0.717, 1.165) is 17.7 Å². The van der Waals surface area contributed by atoms with Gasteiger partial charge in [-0.15, -0.1) is 0 Å². The summed E-state index contributed by atoms with van der Waals surface area (Å²) < 4.78 is 5.22. The molecule has 18 heavy (non-hydrogen) atoms. The molecule has 1 unspecified atom stereocenters. The summed E-state index contributed by atoms with van der Waals surface area (Å²) in [7, 11) is 3.40. The number of aryl methyl sites for hydroxylation is 1. The van der Waals surface area contributed by atoms with E-state index in [1.807, 2.05) is 26.0 Å². The maximum atomic E-state index is 12.2. The van der Waals surface area contributed by atoms with Crippen LogP contribution in [0.3, 0.4) is 0 Å². The number of carbonyl (C=O) groups is 1. The molecular formula is C14H22N2O2. The number of benzene rings is 1. The van der Waals surface area contributed by atoms with Gasteiger partial charge in [0, 0.05) is 25.2 Å². The molecule has 1 amide bonds. The van der Waals surface area contributed by atoms with E-state index in [9.17, 15) is 4.79 Å². The van der Waals surface area contributed by atoms with Crippen molar-refractivity contribution >= 4 is 5.91 Å². The highest BCUT2D eigenvalue weighted by Crippen LogP contribution is 2.19. The Labute approximate surface area is 109 Å². The fourth-order valence-corrected chi connectivity index (χ4v) is 1.67. The Morgan fingerprint density at radius 3 is 2.72 bits per heavy atom. The topological polar surface area (TPSA) is 55.6 Å². The Balaban J connectivity index is 2.77. The minimum atomic E-state index is -0.00560. The molecule has 0 aliphatic heterocycles. The van der Waals surface area contributed by atoms with Crippen molar-refractivity contribution < 1.29 is 9.53 Å². The van der Waals surface area contributed by atoms with E-state index in [2.05, 4.69) is 0 Å². The van der Waals surface area contributed by atoms with Crippen molar-refractivity contribution in [1.82, 2.24) is 4.90 Å². The molecule has 2 N–H and O–H groups in total. The molecule has 0 aliphatic rings. The fraction of sp³-hybridized carbons (Fsp3) is 0.500. The number of nitrogens with zero attached hydrogens (tertiary/aromatic N) is 1. The molecular weight excluding hydrogens is 228 g/mol. The summed E-state index contributed by atoms with van der Waals surface area (Å²) in [4.78, 5) is 13.9. The molecule has 0 aromatic heterocycles. The zero-order chi connectivity index (χ0) is 13.7. The van der Waals surface area contributed by atoms with Crippen molar-refractivity contribution in [3.63, 3.8) is 0 Å². The number of nitrogens with two attached hydrogens (primary N) is 1. The SMILES string of the molecule is COc1cc(C(=O)N(C)CCC(C)N)ccc1C. The number of carbonyl (C=O) groups excluding carboxylic acids is 1. The van der Waals surface area contributed by atoms with E-state index in [0.29, 0.717) is 12.1 Å². The summed E-state index contributed by atoms with van der Waals surface area (Å²) in [6.07, 6.45) is 0.797. The average molecular weight is 250 g/mol. The molecule has 4 nitrogen and oxygen atoms in total. The van der Waals surface area contributed by atoms with E-state index in [-0.39, 0.29) is 11.9 Å². The summed E-state index contributed by atoms with van der Waals surface area (Å²) >= 11 is 0. The average Bonchev–Trinajstić information content (AvgIpc) is 2.35. The quantitative estimate of drug-likeness (QED) is 0.867. The predicted octanol–water partition coefficient (Wildman–Crippen LogP) is 1.81. The molecule has 0 spiro atoms. The third-order valence-electron chi connectivity index (χ3n) is 2.92. The molecule has 100 valence electrons. The lowest BCUT2D eigenvalue weighted by atomic mass is 10.1. The molecule has 0 saturated heterocycles. The van der Waals surface area contributed by atoms with Crippen LogP contribution in [0.5, 0.6) is 5.75 Å². The van der Waals surface area contributed by atoms with Crippen LogP contribution in [0.15, 0.2) is 18.2 Å². The predicted molar refractivity (Wildman–Crippen MR) is 73.0 cm³/mol. The highest BCUT2D eigenvalue weighted by Gasteiger charge is 2.13. The van der Waals surface area contributed by atoms with Crippen molar-refractivity contribution in [2.75, 3.05) is 20.7 Å². The van der Waals surface area contributed by atoms with E-state index in [1.165, 1.54) is 0 Å². The monoisotopic (exact) mass is 250 g/mol. The van der Waals surface area contributed by atoms with Gasteiger partial charge >= 0.3 is 0 Å². The minimum Gasteiger partial charge on any atom is -0.496 e. The van der Waals surface area contributed by atoms with Gasteiger partial charge < -0.3 is 15.4 Å². The molecule has 0 saturated carbocycles. The Bertz CT molecular complexity index is 416. The summed E-state index contributed by atoms with van der Waals surface area (Å²) in [6.45, 7) is 4.55. The Morgan fingerprint density at radius 2 is 2.17 bits per heavy atom. The van der Waals surface area contributed by atoms with Crippen LogP contribution >= 0.6 is 0 Å². The first-order chi connectivity index (χ1) is 8.45. The van der Waals surface area contributed by atoms with E-state index >= 15 is 0 Å². The van der Waals surface area contributed by atoms with Crippen LogP contribution in [0.4, 0.5) is 0 Å². The van der Waals surface area contributed by atoms with Gasteiger partial charge in [-0.1, -0.05) is 6.07 Å². The maximum Gasteiger partial charge on any atom is 0.253 e. The molecule has 0 radical (unpaired) electrons. The van der Waals surface area contributed by atoms with Gasteiger partial charge in [-0.2, -0.15) is 0 Å². The van der Waals surface area contributed by atoms with Gasteiger partial charge in [0.2, 0.25) is 0 Å². The number of hydrogen-bond acceptors (Lipinski definition) is 3. The Kier molecular flexibility index (Phi) is 5.16. The van der Waals surface area contributed by atoms with Crippen LogP contribution in [-0.4, -0.2) is 37.6 Å². The maximum absolute atomic E-state index is 12.2. The van der Waals surface area contributed by atoms with Crippen molar-refractivity contribution in [2.24, 2.45) is 5.73 Å². The molecule has 0 aliphatic carbocycles. The molecule has 0 fully saturated rings. The van der Waals surface area contributed by atoms with Crippen molar-refractivity contribution in [2.45, 2.75) is 26.3 Å². The summed E-state index contributed by atoms with van der Waals surface area (Å²) in [5, 5.41) is 0. The number of amides is 1. The lowest BCUT2D eigenvalue weighted by Gasteiger charge is -2.19.